The number of carbonyl (C=O) groups excluding carboxylic acids is 1. The van der Waals surface area contributed by atoms with Gasteiger partial charge in [0, 0.05) is 12.6 Å². The molecule has 0 aliphatic carbocycles. The van der Waals surface area contributed by atoms with Gasteiger partial charge in [-0.1, -0.05) is 24.3 Å². The number of rotatable bonds is 6. The third-order valence-corrected chi connectivity index (χ3v) is 3.93. The van der Waals surface area contributed by atoms with Gasteiger partial charge in [0.25, 0.3) is 11.5 Å². The summed E-state index contributed by atoms with van der Waals surface area (Å²) in [4.78, 5) is 24.4. The van der Waals surface area contributed by atoms with Crippen molar-refractivity contribution < 1.29 is 13.9 Å². The fraction of sp³-hybridized carbons (Fsp3) is 0.150. The quantitative estimate of drug-likeness (QED) is 0.726. The molecular weight excluding hydrogens is 349 g/mol. The number of nitrogens with one attached hydrogen (secondary N) is 1. The van der Waals surface area contributed by atoms with Crippen molar-refractivity contribution in [1.29, 1.82) is 0 Å². The normalized spacial score (nSPS) is 10.4. The van der Waals surface area contributed by atoms with Crippen molar-refractivity contribution >= 4 is 5.91 Å². The molecule has 0 atom stereocenters. The van der Waals surface area contributed by atoms with E-state index in [1.54, 1.807) is 19.2 Å². The van der Waals surface area contributed by atoms with Crippen molar-refractivity contribution in [2.24, 2.45) is 0 Å². The van der Waals surface area contributed by atoms with Crippen LogP contribution in [0, 0.1) is 5.82 Å². The number of hydrogen-bond donors (Lipinski definition) is 1. The Hall–Kier alpha value is -3.48. The summed E-state index contributed by atoms with van der Waals surface area (Å²) in [6.07, 6.45) is 0. The van der Waals surface area contributed by atoms with Crippen LogP contribution in [0.5, 0.6) is 5.75 Å². The topological polar surface area (TPSA) is 73.2 Å². The summed E-state index contributed by atoms with van der Waals surface area (Å²) < 4.78 is 19.3. The van der Waals surface area contributed by atoms with Crippen LogP contribution in [0.4, 0.5) is 4.39 Å². The Labute approximate surface area is 155 Å². The first-order valence-corrected chi connectivity index (χ1v) is 8.29. The largest absolute Gasteiger partial charge is 0.497 e. The minimum absolute atomic E-state index is 0.125. The van der Waals surface area contributed by atoms with Crippen molar-refractivity contribution in [3.05, 3.63) is 93.7 Å². The fourth-order valence-corrected chi connectivity index (χ4v) is 2.50. The molecule has 0 radical (unpaired) electrons. The molecule has 3 aromatic rings. The lowest BCUT2D eigenvalue weighted by molar-refractivity contribution is 0.0943. The van der Waals surface area contributed by atoms with Crippen LogP contribution in [0.25, 0.3) is 0 Å². The number of aromatic nitrogens is 2. The van der Waals surface area contributed by atoms with Crippen LogP contribution in [-0.2, 0) is 13.1 Å². The molecule has 0 bridgehead atoms. The lowest BCUT2D eigenvalue weighted by Gasteiger charge is -2.09. The highest BCUT2D eigenvalue weighted by atomic mass is 19.1. The van der Waals surface area contributed by atoms with Crippen molar-refractivity contribution in [2.45, 2.75) is 13.1 Å². The Morgan fingerprint density at radius 1 is 1.11 bits per heavy atom. The van der Waals surface area contributed by atoms with Crippen molar-refractivity contribution in [1.82, 2.24) is 15.1 Å². The molecular formula is C20H18FN3O3. The maximum atomic E-state index is 13.0. The highest BCUT2D eigenvalue weighted by Crippen LogP contribution is 2.12. The van der Waals surface area contributed by atoms with Crippen LogP contribution in [0.2, 0.25) is 0 Å². The average Bonchev–Trinajstić information content (AvgIpc) is 2.69. The van der Waals surface area contributed by atoms with E-state index in [4.69, 9.17) is 4.74 Å². The van der Waals surface area contributed by atoms with Gasteiger partial charge in [-0.15, -0.1) is 0 Å². The maximum absolute atomic E-state index is 13.0. The van der Waals surface area contributed by atoms with E-state index < -0.39 is 5.91 Å². The zero-order valence-electron chi connectivity index (χ0n) is 14.7. The van der Waals surface area contributed by atoms with Crippen LogP contribution in [0.15, 0.2) is 65.5 Å². The molecule has 1 N–H and O–H groups in total. The van der Waals surface area contributed by atoms with Gasteiger partial charge in [-0.3, -0.25) is 9.59 Å². The Kier molecular flexibility index (Phi) is 5.61. The molecule has 6 nitrogen and oxygen atoms in total. The molecule has 3 rings (SSSR count). The van der Waals surface area contributed by atoms with E-state index in [9.17, 15) is 14.0 Å². The molecule has 7 heteroatoms. The van der Waals surface area contributed by atoms with E-state index >= 15 is 0 Å². The van der Waals surface area contributed by atoms with Gasteiger partial charge in [-0.05, 0) is 41.5 Å². The minimum atomic E-state index is -0.398. The molecule has 27 heavy (non-hydrogen) atoms. The van der Waals surface area contributed by atoms with Crippen molar-refractivity contribution in [3.63, 3.8) is 0 Å². The molecule has 138 valence electrons. The van der Waals surface area contributed by atoms with E-state index in [0.717, 1.165) is 5.56 Å². The number of methoxy groups -OCH3 is 1. The standard InChI is InChI=1S/C20H18FN3O3/c1-27-17-4-2-3-15(11-17)12-22-20(26)18-9-10-19(25)24(23-18)13-14-5-7-16(21)8-6-14/h2-11H,12-13H2,1H3,(H,22,26). The Morgan fingerprint density at radius 2 is 1.89 bits per heavy atom. The van der Waals surface area contributed by atoms with Crippen LogP contribution in [0.1, 0.15) is 21.6 Å². The van der Waals surface area contributed by atoms with E-state index in [1.807, 2.05) is 24.3 Å². The number of benzene rings is 2. The molecule has 1 heterocycles. The number of carbonyl (C=O) groups is 1. The van der Waals surface area contributed by atoms with Crippen LogP contribution < -0.4 is 15.6 Å². The highest BCUT2D eigenvalue weighted by Gasteiger charge is 2.10. The molecule has 2 aromatic carbocycles. The molecule has 0 aliphatic rings. The predicted molar refractivity (Wildman–Crippen MR) is 98.2 cm³/mol. The van der Waals surface area contributed by atoms with Gasteiger partial charge in [0.05, 0.1) is 13.7 Å². The van der Waals surface area contributed by atoms with Gasteiger partial charge in [0.1, 0.15) is 17.3 Å². The second kappa shape index (κ2) is 8.27. The molecule has 0 fully saturated rings. The lowest BCUT2D eigenvalue weighted by atomic mass is 10.2. The second-order valence-electron chi connectivity index (χ2n) is 5.88. The van der Waals surface area contributed by atoms with Gasteiger partial charge >= 0.3 is 0 Å². The lowest BCUT2D eigenvalue weighted by Crippen LogP contribution is -2.29. The summed E-state index contributed by atoms with van der Waals surface area (Å²) >= 11 is 0. The maximum Gasteiger partial charge on any atom is 0.271 e. The molecule has 0 unspecified atom stereocenters. The average molecular weight is 367 g/mol. The number of ether oxygens (including phenoxy) is 1. The van der Waals surface area contributed by atoms with Crippen molar-refractivity contribution in [3.8, 4) is 5.75 Å². The summed E-state index contributed by atoms with van der Waals surface area (Å²) in [5.74, 6) is -0.0527. The Balaban J connectivity index is 1.71. The minimum Gasteiger partial charge on any atom is -0.497 e. The summed E-state index contributed by atoms with van der Waals surface area (Å²) in [5, 5.41) is 6.87. The van der Waals surface area contributed by atoms with Gasteiger partial charge in [0.15, 0.2) is 0 Å². The fourth-order valence-electron chi connectivity index (χ4n) is 2.50. The monoisotopic (exact) mass is 367 g/mol. The molecule has 0 saturated carbocycles. The van der Waals surface area contributed by atoms with Gasteiger partial charge in [-0.2, -0.15) is 5.10 Å². The van der Waals surface area contributed by atoms with Gasteiger partial charge < -0.3 is 10.1 Å². The van der Waals surface area contributed by atoms with Gasteiger partial charge in [-0.25, -0.2) is 9.07 Å². The number of amides is 1. The summed E-state index contributed by atoms with van der Waals surface area (Å²) in [6.45, 7) is 0.449. The first kappa shape index (κ1) is 18.3. The van der Waals surface area contributed by atoms with E-state index in [-0.39, 0.29) is 23.6 Å². The molecule has 0 saturated heterocycles. The van der Waals surface area contributed by atoms with Crippen LogP contribution in [-0.4, -0.2) is 22.8 Å². The van der Waals surface area contributed by atoms with Crippen molar-refractivity contribution in [2.75, 3.05) is 7.11 Å². The molecule has 0 spiro atoms. The third kappa shape index (κ3) is 4.78. The smallest absolute Gasteiger partial charge is 0.271 e. The third-order valence-electron chi connectivity index (χ3n) is 3.93. The summed E-state index contributed by atoms with van der Waals surface area (Å²) in [7, 11) is 1.58. The molecule has 0 aliphatic heterocycles. The Bertz CT molecular complexity index is 1000. The first-order valence-electron chi connectivity index (χ1n) is 8.29. The van der Waals surface area contributed by atoms with E-state index in [1.165, 1.54) is 28.9 Å². The summed E-state index contributed by atoms with van der Waals surface area (Å²) in [5.41, 5.74) is 1.37. The first-order chi connectivity index (χ1) is 13.0. The van der Waals surface area contributed by atoms with E-state index in [0.29, 0.717) is 17.9 Å². The van der Waals surface area contributed by atoms with E-state index in [2.05, 4.69) is 10.4 Å². The Morgan fingerprint density at radius 3 is 2.63 bits per heavy atom. The number of nitrogens with zero attached hydrogens (tertiary/aromatic N) is 2. The number of hydrogen-bond acceptors (Lipinski definition) is 4. The highest BCUT2D eigenvalue weighted by molar-refractivity contribution is 5.91. The van der Waals surface area contributed by atoms with Crippen LogP contribution >= 0.6 is 0 Å². The SMILES string of the molecule is COc1cccc(CNC(=O)c2ccc(=O)n(Cc3ccc(F)cc3)n2)c1. The molecule has 1 aromatic heterocycles. The molecule has 1 amide bonds. The second-order valence-corrected chi connectivity index (χ2v) is 5.88. The zero-order chi connectivity index (χ0) is 19.2. The zero-order valence-corrected chi connectivity index (χ0v) is 14.7. The number of halogens is 1. The summed E-state index contributed by atoms with van der Waals surface area (Å²) in [6, 6.07) is 15.8. The van der Waals surface area contributed by atoms with Crippen LogP contribution in [0.3, 0.4) is 0 Å². The predicted octanol–water partition coefficient (Wildman–Crippen LogP) is 2.37. The van der Waals surface area contributed by atoms with Gasteiger partial charge in [0.2, 0.25) is 0 Å².